The summed E-state index contributed by atoms with van der Waals surface area (Å²) in [6, 6.07) is 17.3. The smallest absolute Gasteiger partial charge is 0.251 e. The SMILES string of the molecule is Cl.NCc1ccc(C(=O)NC2CCN(C(=O)CCc3ccccc3)C2)cc1. The number of amides is 2. The molecule has 2 aromatic carbocycles. The summed E-state index contributed by atoms with van der Waals surface area (Å²) in [4.78, 5) is 26.6. The molecule has 1 saturated heterocycles. The van der Waals surface area contributed by atoms with Gasteiger partial charge in [-0.3, -0.25) is 9.59 Å². The number of hydrogen-bond acceptors (Lipinski definition) is 3. The Balaban J connectivity index is 0.00000261. The third-order valence-electron chi connectivity index (χ3n) is 4.80. The predicted molar refractivity (Wildman–Crippen MR) is 109 cm³/mol. The molecule has 1 heterocycles. The first kappa shape index (κ1) is 20.9. The Morgan fingerprint density at radius 2 is 1.74 bits per heavy atom. The molecule has 0 aromatic heterocycles. The van der Waals surface area contributed by atoms with Crippen LogP contribution in [0.5, 0.6) is 0 Å². The lowest BCUT2D eigenvalue weighted by Gasteiger charge is -2.17. The molecule has 144 valence electrons. The highest BCUT2D eigenvalue weighted by molar-refractivity contribution is 5.94. The molecule has 1 fully saturated rings. The molecule has 0 bridgehead atoms. The van der Waals surface area contributed by atoms with Gasteiger partial charge in [-0.15, -0.1) is 12.4 Å². The largest absolute Gasteiger partial charge is 0.347 e. The summed E-state index contributed by atoms with van der Waals surface area (Å²) < 4.78 is 0. The molecule has 1 atom stereocenters. The molecule has 0 saturated carbocycles. The third-order valence-corrected chi connectivity index (χ3v) is 4.80. The van der Waals surface area contributed by atoms with Crippen molar-refractivity contribution in [3.63, 3.8) is 0 Å². The Hall–Kier alpha value is -2.37. The van der Waals surface area contributed by atoms with Crippen LogP contribution in [0.2, 0.25) is 0 Å². The van der Waals surface area contributed by atoms with Crippen molar-refractivity contribution in [2.24, 2.45) is 5.73 Å². The van der Waals surface area contributed by atoms with Gasteiger partial charge in [-0.2, -0.15) is 0 Å². The first-order valence-electron chi connectivity index (χ1n) is 9.07. The predicted octanol–water partition coefficient (Wildman–Crippen LogP) is 2.53. The van der Waals surface area contributed by atoms with Crippen molar-refractivity contribution >= 4 is 24.2 Å². The lowest BCUT2D eigenvalue weighted by atomic mass is 10.1. The van der Waals surface area contributed by atoms with E-state index in [0.29, 0.717) is 31.6 Å². The topological polar surface area (TPSA) is 75.4 Å². The Labute approximate surface area is 166 Å². The number of nitrogens with zero attached hydrogens (tertiary/aromatic N) is 1. The van der Waals surface area contributed by atoms with Crippen LogP contribution in [-0.4, -0.2) is 35.8 Å². The van der Waals surface area contributed by atoms with Gasteiger partial charge in [0.2, 0.25) is 5.91 Å². The average molecular weight is 388 g/mol. The summed E-state index contributed by atoms with van der Waals surface area (Å²) in [6.45, 7) is 1.75. The van der Waals surface area contributed by atoms with Gasteiger partial charge in [0, 0.05) is 37.7 Å². The molecule has 2 amide bonds. The number of hydrogen-bond donors (Lipinski definition) is 2. The van der Waals surface area contributed by atoms with Crippen molar-refractivity contribution in [3.05, 3.63) is 71.3 Å². The molecule has 0 radical (unpaired) electrons. The number of likely N-dealkylation sites (tertiary alicyclic amines) is 1. The monoisotopic (exact) mass is 387 g/mol. The Morgan fingerprint density at radius 1 is 1.04 bits per heavy atom. The molecule has 5 nitrogen and oxygen atoms in total. The van der Waals surface area contributed by atoms with Gasteiger partial charge in [-0.1, -0.05) is 42.5 Å². The minimum absolute atomic E-state index is 0. The molecule has 1 aliphatic rings. The number of nitrogens with one attached hydrogen (secondary N) is 1. The minimum Gasteiger partial charge on any atom is -0.347 e. The van der Waals surface area contributed by atoms with Crippen molar-refractivity contribution in [2.75, 3.05) is 13.1 Å². The lowest BCUT2D eigenvalue weighted by Crippen LogP contribution is -2.38. The molecular formula is C21H26ClN3O2. The van der Waals surface area contributed by atoms with Crippen molar-refractivity contribution < 1.29 is 9.59 Å². The molecular weight excluding hydrogens is 362 g/mol. The maximum Gasteiger partial charge on any atom is 0.251 e. The molecule has 1 aliphatic heterocycles. The fourth-order valence-electron chi connectivity index (χ4n) is 3.22. The van der Waals surface area contributed by atoms with E-state index in [1.807, 2.05) is 47.4 Å². The van der Waals surface area contributed by atoms with E-state index >= 15 is 0 Å². The molecule has 1 unspecified atom stereocenters. The van der Waals surface area contributed by atoms with Gasteiger partial charge in [0.1, 0.15) is 0 Å². The van der Waals surface area contributed by atoms with Crippen LogP contribution < -0.4 is 11.1 Å². The van der Waals surface area contributed by atoms with E-state index in [1.165, 1.54) is 5.56 Å². The summed E-state index contributed by atoms with van der Waals surface area (Å²) in [5.74, 6) is 0.0510. The van der Waals surface area contributed by atoms with Gasteiger partial charge in [0.25, 0.3) is 5.91 Å². The lowest BCUT2D eigenvalue weighted by molar-refractivity contribution is -0.130. The van der Waals surface area contributed by atoms with Crippen LogP contribution in [0.3, 0.4) is 0 Å². The fraction of sp³-hybridized carbons (Fsp3) is 0.333. The van der Waals surface area contributed by atoms with Gasteiger partial charge >= 0.3 is 0 Å². The van der Waals surface area contributed by atoms with E-state index in [9.17, 15) is 9.59 Å². The molecule has 3 rings (SSSR count). The van der Waals surface area contributed by atoms with E-state index in [1.54, 1.807) is 12.1 Å². The zero-order chi connectivity index (χ0) is 18.4. The van der Waals surface area contributed by atoms with Gasteiger partial charge < -0.3 is 16.0 Å². The van der Waals surface area contributed by atoms with Gasteiger partial charge in [0.15, 0.2) is 0 Å². The van der Waals surface area contributed by atoms with Crippen LogP contribution in [0.4, 0.5) is 0 Å². The van der Waals surface area contributed by atoms with Crippen LogP contribution in [0, 0.1) is 0 Å². The standard InChI is InChI=1S/C21H25N3O2.ClH/c22-14-17-6-9-18(10-7-17)21(26)23-19-12-13-24(15-19)20(25)11-8-16-4-2-1-3-5-16;/h1-7,9-10,19H,8,11-15,22H2,(H,23,26);1H. The van der Waals surface area contributed by atoms with Crippen molar-refractivity contribution in [3.8, 4) is 0 Å². The second kappa shape index (κ2) is 10.1. The second-order valence-corrected chi connectivity index (χ2v) is 6.69. The fourth-order valence-corrected chi connectivity index (χ4v) is 3.22. The second-order valence-electron chi connectivity index (χ2n) is 6.69. The summed E-state index contributed by atoms with van der Waals surface area (Å²) in [6.07, 6.45) is 2.05. The van der Waals surface area contributed by atoms with Crippen LogP contribution in [0.25, 0.3) is 0 Å². The molecule has 0 aliphatic carbocycles. The number of halogens is 1. The van der Waals surface area contributed by atoms with E-state index in [2.05, 4.69) is 5.32 Å². The average Bonchev–Trinajstić information content (AvgIpc) is 3.15. The Morgan fingerprint density at radius 3 is 2.41 bits per heavy atom. The van der Waals surface area contributed by atoms with E-state index in [-0.39, 0.29) is 30.3 Å². The van der Waals surface area contributed by atoms with Gasteiger partial charge in [0.05, 0.1) is 0 Å². The van der Waals surface area contributed by atoms with Crippen LogP contribution >= 0.6 is 12.4 Å². The molecule has 27 heavy (non-hydrogen) atoms. The number of nitrogens with two attached hydrogens (primary N) is 1. The molecule has 3 N–H and O–H groups in total. The van der Waals surface area contributed by atoms with E-state index in [4.69, 9.17) is 5.73 Å². The summed E-state index contributed by atoms with van der Waals surface area (Å²) >= 11 is 0. The quantitative estimate of drug-likeness (QED) is 0.799. The normalized spacial score (nSPS) is 15.9. The van der Waals surface area contributed by atoms with Crippen molar-refractivity contribution in [2.45, 2.75) is 31.8 Å². The number of aryl methyl sites for hydroxylation is 1. The van der Waals surface area contributed by atoms with Crippen molar-refractivity contribution in [1.29, 1.82) is 0 Å². The van der Waals surface area contributed by atoms with E-state index < -0.39 is 0 Å². The zero-order valence-electron chi connectivity index (χ0n) is 15.3. The van der Waals surface area contributed by atoms with E-state index in [0.717, 1.165) is 18.4 Å². The third kappa shape index (κ3) is 5.81. The summed E-state index contributed by atoms with van der Waals surface area (Å²) in [7, 11) is 0. The highest BCUT2D eigenvalue weighted by Crippen LogP contribution is 2.13. The van der Waals surface area contributed by atoms with Crippen LogP contribution in [0.15, 0.2) is 54.6 Å². The first-order chi connectivity index (χ1) is 12.7. The van der Waals surface area contributed by atoms with Gasteiger partial charge in [-0.25, -0.2) is 0 Å². The Kier molecular flexibility index (Phi) is 7.82. The summed E-state index contributed by atoms with van der Waals surface area (Å²) in [5, 5.41) is 3.03. The van der Waals surface area contributed by atoms with Crippen molar-refractivity contribution in [1.82, 2.24) is 10.2 Å². The maximum absolute atomic E-state index is 12.4. The number of carbonyl (C=O) groups is 2. The highest BCUT2D eigenvalue weighted by atomic mass is 35.5. The zero-order valence-corrected chi connectivity index (χ0v) is 16.1. The minimum atomic E-state index is -0.0999. The maximum atomic E-state index is 12.4. The van der Waals surface area contributed by atoms with Gasteiger partial charge in [-0.05, 0) is 36.1 Å². The first-order valence-corrected chi connectivity index (χ1v) is 9.07. The Bertz CT molecular complexity index is 750. The number of carbonyl (C=O) groups excluding carboxylic acids is 2. The highest BCUT2D eigenvalue weighted by Gasteiger charge is 2.27. The molecule has 2 aromatic rings. The number of benzene rings is 2. The summed E-state index contributed by atoms with van der Waals surface area (Å²) in [5.41, 5.74) is 8.37. The van der Waals surface area contributed by atoms with Crippen LogP contribution in [-0.2, 0) is 17.8 Å². The number of rotatable bonds is 6. The molecule has 6 heteroatoms. The van der Waals surface area contributed by atoms with Crippen LogP contribution in [0.1, 0.15) is 34.3 Å². The molecule has 0 spiro atoms.